The molecule has 0 spiro atoms. The first-order chi connectivity index (χ1) is 10.2. The maximum atomic E-state index is 5.39. The van der Waals surface area contributed by atoms with Crippen molar-refractivity contribution in [3.63, 3.8) is 0 Å². The monoisotopic (exact) mass is 285 g/mol. The summed E-state index contributed by atoms with van der Waals surface area (Å²) in [6, 6.07) is 10.8. The molecule has 112 valence electrons. The molecule has 1 aliphatic rings. The zero-order valence-corrected chi connectivity index (χ0v) is 12.8. The summed E-state index contributed by atoms with van der Waals surface area (Å²) in [7, 11) is 0. The molecule has 2 heterocycles. The summed E-state index contributed by atoms with van der Waals surface area (Å²) in [5.41, 5.74) is 2.24. The van der Waals surface area contributed by atoms with Crippen LogP contribution in [-0.4, -0.2) is 48.8 Å². The van der Waals surface area contributed by atoms with Crippen molar-refractivity contribution in [2.45, 2.75) is 19.9 Å². The number of benzene rings is 1. The number of para-hydroxylation sites is 1. The zero-order valence-electron chi connectivity index (χ0n) is 12.8. The van der Waals surface area contributed by atoms with E-state index in [4.69, 9.17) is 9.72 Å². The molecule has 1 N–H and O–H groups in total. The minimum atomic E-state index is 0.371. The summed E-state index contributed by atoms with van der Waals surface area (Å²) in [5, 5.41) is 4.75. The molecular formula is C17H23N3O. The lowest BCUT2D eigenvalue weighted by Crippen LogP contribution is -2.42. The summed E-state index contributed by atoms with van der Waals surface area (Å²) < 4.78 is 5.39. The van der Waals surface area contributed by atoms with Gasteiger partial charge in [-0.05, 0) is 31.5 Å². The molecule has 4 nitrogen and oxygen atoms in total. The third-order valence-electron chi connectivity index (χ3n) is 3.93. The number of hydrogen-bond donors (Lipinski definition) is 1. The van der Waals surface area contributed by atoms with Crippen molar-refractivity contribution >= 4 is 16.7 Å². The second kappa shape index (κ2) is 6.41. The number of anilines is 1. The smallest absolute Gasteiger partial charge is 0.129 e. The summed E-state index contributed by atoms with van der Waals surface area (Å²) in [5.74, 6) is 0.995. The van der Waals surface area contributed by atoms with E-state index in [0.717, 1.165) is 44.2 Å². The van der Waals surface area contributed by atoms with Crippen LogP contribution in [0.1, 0.15) is 12.5 Å². The number of fused-ring (bicyclic) bond motifs is 1. The molecule has 1 aliphatic heterocycles. The van der Waals surface area contributed by atoms with Crippen molar-refractivity contribution < 1.29 is 4.74 Å². The molecule has 3 rings (SSSR count). The van der Waals surface area contributed by atoms with Crippen molar-refractivity contribution in [2.24, 2.45) is 0 Å². The number of aromatic nitrogens is 1. The molecule has 1 saturated heterocycles. The van der Waals surface area contributed by atoms with Crippen LogP contribution in [0.2, 0.25) is 0 Å². The van der Waals surface area contributed by atoms with E-state index in [0.29, 0.717) is 6.04 Å². The molecule has 0 aliphatic carbocycles. The molecule has 0 radical (unpaired) electrons. The van der Waals surface area contributed by atoms with Crippen molar-refractivity contribution in [3.8, 4) is 0 Å². The largest absolute Gasteiger partial charge is 0.379 e. The maximum absolute atomic E-state index is 5.39. The number of nitrogens with zero attached hydrogens (tertiary/aromatic N) is 2. The lowest BCUT2D eigenvalue weighted by molar-refractivity contribution is 0.0368. The van der Waals surface area contributed by atoms with E-state index in [-0.39, 0.29) is 0 Å². The van der Waals surface area contributed by atoms with Gasteiger partial charge in [-0.15, -0.1) is 0 Å². The van der Waals surface area contributed by atoms with Gasteiger partial charge in [-0.25, -0.2) is 4.98 Å². The van der Waals surface area contributed by atoms with Crippen molar-refractivity contribution in [1.82, 2.24) is 9.88 Å². The standard InChI is InChI=1S/C17H23N3O/c1-13-11-15-5-3-4-6-16(15)19-17(13)18-14(2)12-20-7-9-21-10-8-20/h3-6,11,14H,7-10,12H2,1-2H3,(H,18,19)/t14-/m1/s1. The van der Waals surface area contributed by atoms with E-state index in [1.165, 1.54) is 10.9 Å². The highest BCUT2D eigenvalue weighted by atomic mass is 16.5. The second-order valence-corrected chi connectivity index (χ2v) is 5.80. The fraction of sp³-hybridized carbons (Fsp3) is 0.471. The third-order valence-corrected chi connectivity index (χ3v) is 3.93. The Hall–Kier alpha value is -1.65. The Labute approximate surface area is 126 Å². The fourth-order valence-electron chi connectivity index (χ4n) is 2.82. The highest BCUT2D eigenvalue weighted by Gasteiger charge is 2.14. The first kappa shape index (κ1) is 14.3. The van der Waals surface area contributed by atoms with Crippen LogP contribution in [0.5, 0.6) is 0 Å². The lowest BCUT2D eigenvalue weighted by Gasteiger charge is -2.29. The van der Waals surface area contributed by atoms with Crippen LogP contribution >= 0.6 is 0 Å². The Balaban J connectivity index is 1.70. The molecule has 1 atom stereocenters. The minimum absolute atomic E-state index is 0.371. The van der Waals surface area contributed by atoms with Gasteiger partial charge in [0.05, 0.1) is 18.7 Å². The number of pyridine rings is 1. The predicted molar refractivity (Wildman–Crippen MR) is 86.8 cm³/mol. The van der Waals surface area contributed by atoms with Crippen LogP contribution < -0.4 is 5.32 Å². The summed E-state index contributed by atoms with van der Waals surface area (Å²) in [6.45, 7) is 9.10. The number of hydrogen-bond acceptors (Lipinski definition) is 4. The Morgan fingerprint density at radius 3 is 2.86 bits per heavy atom. The Morgan fingerprint density at radius 1 is 1.29 bits per heavy atom. The van der Waals surface area contributed by atoms with E-state index < -0.39 is 0 Å². The van der Waals surface area contributed by atoms with E-state index in [1.54, 1.807) is 0 Å². The van der Waals surface area contributed by atoms with Crippen LogP contribution in [-0.2, 0) is 4.74 Å². The van der Waals surface area contributed by atoms with Crippen LogP contribution in [0, 0.1) is 6.92 Å². The topological polar surface area (TPSA) is 37.4 Å². The van der Waals surface area contributed by atoms with Gasteiger partial charge in [0.25, 0.3) is 0 Å². The number of nitrogens with one attached hydrogen (secondary N) is 1. The van der Waals surface area contributed by atoms with Crippen LogP contribution in [0.3, 0.4) is 0 Å². The van der Waals surface area contributed by atoms with Gasteiger partial charge in [0.1, 0.15) is 5.82 Å². The molecule has 1 aromatic carbocycles. The lowest BCUT2D eigenvalue weighted by atomic mass is 10.1. The summed E-state index contributed by atoms with van der Waals surface area (Å²) in [4.78, 5) is 7.20. The number of rotatable bonds is 4. The molecule has 0 unspecified atom stereocenters. The Morgan fingerprint density at radius 2 is 2.05 bits per heavy atom. The van der Waals surface area contributed by atoms with Gasteiger partial charge in [-0.1, -0.05) is 18.2 Å². The average molecular weight is 285 g/mol. The Bertz CT molecular complexity index is 608. The highest BCUT2D eigenvalue weighted by Crippen LogP contribution is 2.20. The molecule has 1 aromatic heterocycles. The maximum Gasteiger partial charge on any atom is 0.129 e. The third kappa shape index (κ3) is 3.52. The van der Waals surface area contributed by atoms with Gasteiger partial charge >= 0.3 is 0 Å². The quantitative estimate of drug-likeness (QED) is 0.937. The van der Waals surface area contributed by atoms with E-state index in [1.807, 2.05) is 6.07 Å². The molecule has 0 bridgehead atoms. The van der Waals surface area contributed by atoms with Crippen LogP contribution in [0.4, 0.5) is 5.82 Å². The van der Waals surface area contributed by atoms with Crippen molar-refractivity contribution in [3.05, 3.63) is 35.9 Å². The minimum Gasteiger partial charge on any atom is -0.379 e. The van der Waals surface area contributed by atoms with Gasteiger partial charge < -0.3 is 10.1 Å². The first-order valence-electron chi connectivity index (χ1n) is 7.65. The predicted octanol–water partition coefficient (Wildman–Crippen LogP) is 2.68. The Kier molecular flexibility index (Phi) is 4.36. The average Bonchev–Trinajstić information content (AvgIpc) is 2.49. The summed E-state index contributed by atoms with van der Waals surface area (Å²) in [6.07, 6.45) is 0. The molecule has 21 heavy (non-hydrogen) atoms. The van der Waals surface area contributed by atoms with Gasteiger partial charge in [0.2, 0.25) is 0 Å². The molecule has 4 heteroatoms. The van der Waals surface area contributed by atoms with Crippen LogP contribution in [0.15, 0.2) is 30.3 Å². The van der Waals surface area contributed by atoms with E-state index >= 15 is 0 Å². The summed E-state index contributed by atoms with van der Waals surface area (Å²) >= 11 is 0. The number of aryl methyl sites for hydroxylation is 1. The molecule has 0 saturated carbocycles. The van der Waals surface area contributed by atoms with Crippen molar-refractivity contribution in [2.75, 3.05) is 38.2 Å². The zero-order chi connectivity index (χ0) is 14.7. The normalized spacial score (nSPS) is 17.8. The van der Waals surface area contributed by atoms with Gasteiger partial charge in [0.15, 0.2) is 0 Å². The van der Waals surface area contributed by atoms with Gasteiger partial charge in [0, 0.05) is 31.1 Å². The van der Waals surface area contributed by atoms with E-state index in [2.05, 4.69) is 48.3 Å². The molecule has 2 aromatic rings. The fourth-order valence-corrected chi connectivity index (χ4v) is 2.82. The SMILES string of the molecule is Cc1cc2ccccc2nc1N[C@H](C)CN1CCOCC1. The van der Waals surface area contributed by atoms with Gasteiger partial charge in [-0.2, -0.15) is 0 Å². The molecule has 0 amide bonds. The number of ether oxygens (including phenoxy) is 1. The number of morpholine rings is 1. The second-order valence-electron chi connectivity index (χ2n) is 5.80. The highest BCUT2D eigenvalue weighted by molar-refractivity contribution is 5.81. The van der Waals surface area contributed by atoms with E-state index in [9.17, 15) is 0 Å². The first-order valence-corrected chi connectivity index (χ1v) is 7.65. The van der Waals surface area contributed by atoms with Crippen LogP contribution in [0.25, 0.3) is 10.9 Å². The van der Waals surface area contributed by atoms with Gasteiger partial charge in [-0.3, -0.25) is 4.90 Å². The molecule has 1 fully saturated rings. The molecular weight excluding hydrogens is 262 g/mol. The van der Waals surface area contributed by atoms with Crippen molar-refractivity contribution in [1.29, 1.82) is 0 Å².